The fraction of sp³-hybridized carbons (Fsp3) is 0.667. The molecule has 0 bridgehead atoms. The molecule has 1 aromatic heterocycles. The van der Waals surface area contributed by atoms with Crippen LogP contribution < -0.4 is 5.32 Å². The van der Waals surface area contributed by atoms with Gasteiger partial charge in [0, 0.05) is 18.7 Å². The molecule has 1 aliphatic heterocycles. The van der Waals surface area contributed by atoms with Crippen molar-refractivity contribution in [1.82, 2.24) is 5.32 Å². The summed E-state index contributed by atoms with van der Waals surface area (Å²) in [4.78, 5) is 0. The third-order valence-electron chi connectivity index (χ3n) is 2.82. The zero-order valence-corrected chi connectivity index (χ0v) is 12.3. The molecule has 0 saturated carbocycles. The molecule has 0 aliphatic carbocycles. The highest BCUT2D eigenvalue weighted by molar-refractivity contribution is 7.20. The van der Waals surface area contributed by atoms with E-state index >= 15 is 0 Å². The van der Waals surface area contributed by atoms with Crippen LogP contribution in [-0.2, 0) is 4.74 Å². The van der Waals surface area contributed by atoms with Gasteiger partial charge in [0.05, 0.1) is 16.5 Å². The number of morpholine rings is 1. The molecule has 1 aliphatic rings. The summed E-state index contributed by atoms with van der Waals surface area (Å²) in [6, 6.07) is 1.92. The average molecular weight is 294 g/mol. The first kappa shape index (κ1) is 13.6. The molecule has 17 heavy (non-hydrogen) atoms. The lowest BCUT2D eigenvalue weighted by Crippen LogP contribution is -2.41. The number of nitrogens with one attached hydrogen (secondary N) is 1. The van der Waals surface area contributed by atoms with Crippen LogP contribution >= 0.6 is 34.5 Å². The SMILES string of the molecule is CC(C)CC1CNCC(c2cc(Cl)sc2Cl)O1. The Kier molecular flexibility index (Phi) is 4.72. The van der Waals surface area contributed by atoms with E-state index in [-0.39, 0.29) is 12.2 Å². The minimum absolute atomic E-state index is 0.0312. The van der Waals surface area contributed by atoms with E-state index in [9.17, 15) is 0 Å². The zero-order valence-electron chi connectivity index (χ0n) is 10.0. The Hall–Kier alpha value is 0.200. The maximum atomic E-state index is 6.16. The zero-order chi connectivity index (χ0) is 12.4. The Morgan fingerprint density at radius 3 is 2.82 bits per heavy atom. The van der Waals surface area contributed by atoms with Gasteiger partial charge >= 0.3 is 0 Å². The first-order chi connectivity index (χ1) is 8.06. The van der Waals surface area contributed by atoms with Crippen molar-refractivity contribution in [2.24, 2.45) is 5.92 Å². The molecule has 96 valence electrons. The van der Waals surface area contributed by atoms with Crippen molar-refractivity contribution < 1.29 is 4.74 Å². The molecule has 0 amide bonds. The summed E-state index contributed by atoms with van der Waals surface area (Å²) in [6.45, 7) is 6.15. The molecule has 2 rings (SSSR count). The molecule has 1 aromatic rings. The van der Waals surface area contributed by atoms with Gasteiger partial charge in [-0.05, 0) is 18.4 Å². The Labute approximate surface area is 116 Å². The number of rotatable bonds is 3. The van der Waals surface area contributed by atoms with Crippen LogP contribution in [0.15, 0.2) is 6.07 Å². The lowest BCUT2D eigenvalue weighted by Gasteiger charge is -2.31. The molecule has 2 unspecified atom stereocenters. The van der Waals surface area contributed by atoms with Crippen molar-refractivity contribution in [3.63, 3.8) is 0 Å². The summed E-state index contributed by atoms with van der Waals surface area (Å²) in [6.07, 6.45) is 1.37. The summed E-state index contributed by atoms with van der Waals surface area (Å²) < 4.78 is 7.54. The van der Waals surface area contributed by atoms with Gasteiger partial charge in [-0.3, -0.25) is 0 Å². The number of hydrogen-bond donors (Lipinski definition) is 1. The molecule has 0 spiro atoms. The summed E-state index contributed by atoms with van der Waals surface area (Å²) in [5.74, 6) is 0.641. The highest BCUT2D eigenvalue weighted by Crippen LogP contribution is 2.37. The van der Waals surface area contributed by atoms with Crippen LogP contribution in [0.4, 0.5) is 0 Å². The van der Waals surface area contributed by atoms with E-state index in [0.717, 1.165) is 33.7 Å². The van der Waals surface area contributed by atoms with E-state index in [1.165, 1.54) is 11.3 Å². The van der Waals surface area contributed by atoms with Gasteiger partial charge in [-0.15, -0.1) is 11.3 Å². The van der Waals surface area contributed by atoms with Crippen LogP contribution in [0.5, 0.6) is 0 Å². The molecule has 1 N–H and O–H groups in total. The normalized spacial score (nSPS) is 25.5. The standard InChI is InChI=1S/C12H17Cl2NOS/c1-7(2)3-8-5-15-6-10(16-8)9-4-11(13)17-12(9)14/h4,7-8,10,15H,3,5-6H2,1-2H3. The lowest BCUT2D eigenvalue weighted by molar-refractivity contribution is -0.0471. The van der Waals surface area contributed by atoms with Crippen LogP contribution in [0.25, 0.3) is 0 Å². The lowest BCUT2D eigenvalue weighted by atomic mass is 10.0. The van der Waals surface area contributed by atoms with Crippen LogP contribution in [-0.4, -0.2) is 19.2 Å². The van der Waals surface area contributed by atoms with E-state index in [1.54, 1.807) is 0 Å². The van der Waals surface area contributed by atoms with Gasteiger partial charge in [0.1, 0.15) is 4.34 Å². The smallest absolute Gasteiger partial charge is 0.100 e. The van der Waals surface area contributed by atoms with E-state index in [0.29, 0.717) is 5.92 Å². The van der Waals surface area contributed by atoms with Crippen molar-refractivity contribution in [3.05, 3.63) is 20.3 Å². The predicted octanol–water partition coefficient (Wildman–Crippen LogP) is 4.13. The number of ether oxygens (including phenoxy) is 1. The van der Waals surface area contributed by atoms with Gasteiger partial charge in [-0.1, -0.05) is 37.0 Å². The van der Waals surface area contributed by atoms with E-state index in [4.69, 9.17) is 27.9 Å². The highest BCUT2D eigenvalue weighted by atomic mass is 35.5. The summed E-state index contributed by atoms with van der Waals surface area (Å²) in [5.41, 5.74) is 1.02. The van der Waals surface area contributed by atoms with Crippen molar-refractivity contribution in [2.75, 3.05) is 13.1 Å². The summed E-state index contributed by atoms with van der Waals surface area (Å²) in [5, 5.41) is 3.40. The maximum absolute atomic E-state index is 6.16. The highest BCUT2D eigenvalue weighted by Gasteiger charge is 2.26. The fourth-order valence-corrected chi connectivity index (χ4v) is 3.68. The van der Waals surface area contributed by atoms with E-state index in [1.807, 2.05) is 6.07 Å². The van der Waals surface area contributed by atoms with Gasteiger partial charge in [0.25, 0.3) is 0 Å². The van der Waals surface area contributed by atoms with Crippen LogP contribution in [0.2, 0.25) is 8.67 Å². The third-order valence-corrected chi connectivity index (χ3v) is 4.34. The second-order valence-electron chi connectivity index (χ2n) is 4.81. The number of thiophene rings is 1. The van der Waals surface area contributed by atoms with Crippen LogP contribution in [0.1, 0.15) is 31.9 Å². The fourth-order valence-electron chi connectivity index (χ4n) is 2.12. The van der Waals surface area contributed by atoms with Gasteiger partial charge in [0.15, 0.2) is 0 Å². The van der Waals surface area contributed by atoms with Crippen LogP contribution in [0.3, 0.4) is 0 Å². The Morgan fingerprint density at radius 2 is 2.24 bits per heavy atom. The Morgan fingerprint density at radius 1 is 1.47 bits per heavy atom. The monoisotopic (exact) mass is 293 g/mol. The summed E-state index contributed by atoms with van der Waals surface area (Å²) in [7, 11) is 0. The maximum Gasteiger partial charge on any atom is 0.100 e. The Balaban J connectivity index is 2.04. The third kappa shape index (κ3) is 3.58. The first-order valence-electron chi connectivity index (χ1n) is 5.87. The molecule has 0 aromatic carbocycles. The molecule has 2 heterocycles. The quantitative estimate of drug-likeness (QED) is 0.905. The largest absolute Gasteiger partial charge is 0.368 e. The molecule has 0 radical (unpaired) electrons. The molecular weight excluding hydrogens is 277 g/mol. The van der Waals surface area contributed by atoms with Crippen molar-refractivity contribution in [3.8, 4) is 0 Å². The van der Waals surface area contributed by atoms with Crippen molar-refractivity contribution >= 4 is 34.5 Å². The topological polar surface area (TPSA) is 21.3 Å². The minimum Gasteiger partial charge on any atom is -0.368 e. The molecular formula is C12H17Cl2NOS. The number of halogens is 2. The van der Waals surface area contributed by atoms with Gasteiger partial charge in [0.2, 0.25) is 0 Å². The molecule has 2 nitrogen and oxygen atoms in total. The van der Waals surface area contributed by atoms with Gasteiger partial charge in [-0.25, -0.2) is 0 Å². The van der Waals surface area contributed by atoms with E-state index in [2.05, 4.69) is 19.2 Å². The number of hydrogen-bond acceptors (Lipinski definition) is 3. The second kappa shape index (κ2) is 5.89. The molecule has 1 fully saturated rings. The van der Waals surface area contributed by atoms with Crippen molar-refractivity contribution in [1.29, 1.82) is 0 Å². The minimum atomic E-state index is 0.0312. The first-order valence-corrected chi connectivity index (χ1v) is 7.44. The van der Waals surface area contributed by atoms with Crippen LogP contribution in [0, 0.1) is 5.92 Å². The molecule has 5 heteroatoms. The predicted molar refractivity (Wildman–Crippen MR) is 74.3 cm³/mol. The van der Waals surface area contributed by atoms with Crippen molar-refractivity contribution in [2.45, 2.75) is 32.5 Å². The molecule has 1 saturated heterocycles. The molecule has 2 atom stereocenters. The van der Waals surface area contributed by atoms with E-state index < -0.39 is 0 Å². The van der Waals surface area contributed by atoms with Gasteiger partial charge < -0.3 is 10.1 Å². The Bertz CT molecular complexity index is 381. The summed E-state index contributed by atoms with van der Waals surface area (Å²) >= 11 is 13.5. The second-order valence-corrected chi connectivity index (χ2v) is 7.10. The van der Waals surface area contributed by atoms with Gasteiger partial charge in [-0.2, -0.15) is 0 Å². The average Bonchev–Trinajstić information content (AvgIpc) is 2.57.